The van der Waals surface area contributed by atoms with Crippen LogP contribution in [0.15, 0.2) is 30.3 Å². The van der Waals surface area contributed by atoms with E-state index < -0.39 is 0 Å². The highest BCUT2D eigenvalue weighted by atomic mass is 16.3. The Bertz CT molecular complexity index is 363. The maximum Gasteiger partial charge on any atom is 0.229 e. The minimum absolute atomic E-state index is 0.114. The summed E-state index contributed by atoms with van der Waals surface area (Å²) in [6.45, 7) is 3.08. The maximum atomic E-state index is 12.1. The van der Waals surface area contributed by atoms with Gasteiger partial charge in [-0.15, -0.1) is 0 Å². The van der Waals surface area contributed by atoms with Gasteiger partial charge in [0.2, 0.25) is 5.91 Å². The molecular formula is C13H17NO2. The lowest BCUT2D eigenvalue weighted by Gasteiger charge is -2.20. The van der Waals surface area contributed by atoms with Crippen molar-refractivity contribution >= 4 is 5.91 Å². The molecule has 16 heavy (non-hydrogen) atoms. The van der Waals surface area contributed by atoms with Gasteiger partial charge in [-0.2, -0.15) is 0 Å². The number of hydrogen-bond acceptors (Lipinski definition) is 2. The number of benzene rings is 1. The molecule has 0 radical (unpaired) electrons. The monoisotopic (exact) mass is 219 g/mol. The summed E-state index contributed by atoms with van der Waals surface area (Å²) in [5, 5.41) is 9.41. The van der Waals surface area contributed by atoms with Gasteiger partial charge in [0.25, 0.3) is 0 Å². The Morgan fingerprint density at radius 3 is 2.69 bits per heavy atom. The highest BCUT2D eigenvalue weighted by molar-refractivity contribution is 5.83. The van der Waals surface area contributed by atoms with Crippen LogP contribution in [0.2, 0.25) is 0 Å². The van der Waals surface area contributed by atoms with Crippen molar-refractivity contribution in [1.82, 2.24) is 4.90 Å². The van der Waals surface area contributed by atoms with Crippen LogP contribution in [0.1, 0.15) is 24.8 Å². The summed E-state index contributed by atoms with van der Waals surface area (Å²) in [5.74, 6) is -0.00532. The van der Waals surface area contributed by atoms with Crippen LogP contribution in [0.3, 0.4) is 0 Å². The third-order valence-corrected chi connectivity index (χ3v) is 3.15. The van der Waals surface area contributed by atoms with Crippen molar-refractivity contribution in [3.63, 3.8) is 0 Å². The first-order chi connectivity index (χ1) is 7.68. The van der Waals surface area contributed by atoms with Crippen LogP contribution in [0.4, 0.5) is 0 Å². The van der Waals surface area contributed by atoms with Crippen LogP contribution < -0.4 is 0 Å². The normalized spacial score (nSPS) is 22.1. The molecule has 1 N–H and O–H groups in total. The molecule has 0 aliphatic carbocycles. The van der Waals surface area contributed by atoms with E-state index in [-0.39, 0.29) is 17.9 Å². The number of aliphatic hydroxyl groups excluding tert-OH is 1. The van der Waals surface area contributed by atoms with E-state index in [0.717, 1.165) is 5.56 Å². The minimum Gasteiger partial charge on any atom is -0.391 e. The van der Waals surface area contributed by atoms with Crippen molar-refractivity contribution < 1.29 is 9.90 Å². The number of nitrogens with zero attached hydrogens (tertiary/aromatic N) is 1. The molecule has 0 saturated carbocycles. The molecular weight excluding hydrogens is 202 g/mol. The Hall–Kier alpha value is -1.35. The molecule has 0 spiro atoms. The molecule has 0 aromatic heterocycles. The fraction of sp³-hybridized carbons (Fsp3) is 0.462. The summed E-state index contributed by atoms with van der Waals surface area (Å²) < 4.78 is 0. The number of amides is 1. The van der Waals surface area contributed by atoms with Crippen molar-refractivity contribution in [2.45, 2.75) is 25.4 Å². The van der Waals surface area contributed by atoms with Gasteiger partial charge in [0.1, 0.15) is 0 Å². The smallest absolute Gasteiger partial charge is 0.229 e. The molecule has 0 bridgehead atoms. The summed E-state index contributed by atoms with van der Waals surface area (Å²) in [6.07, 6.45) is 0.361. The summed E-state index contributed by atoms with van der Waals surface area (Å²) in [6, 6.07) is 9.76. The maximum absolute atomic E-state index is 12.1. The van der Waals surface area contributed by atoms with Crippen LogP contribution in [0.25, 0.3) is 0 Å². The van der Waals surface area contributed by atoms with Crippen molar-refractivity contribution in [2.24, 2.45) is 0 Å². The van der Waals surface area contributed by atoms with E-state index in [0.29, 0.717) is 19.5 Å². The lowest BCUT2D eigenvalue weighted by atomic mass is 10.00. The van der Waals surface area contributed by atoms with E-state index in [2.05, 4.69) is 0 Å². The SMILES string of the molecule is C[C@@H](C(=O)N1CC[C@H](O)C1)c1ccccc1. The zero-order valence-electron chi connectivity index (χ0n) is 9.47. The molecule has 3 heteroatoms. The predicted molar refractivity (Wildman–Crippen MR) is 62.1 cm³/mol. The van der Waals surface area contributed by atoms with Gasteiger partial charge in [-0.25, -0.2) is 0 Å². The summed E-state index contributed by atoms with van der Waals surface area (Å²) in [4.78, 5) is 13.9. The predicted octanol–water partition coefficient (Wildman–Crippen LogP) is 1.38. The lowest BCUT2D eigenvalue weighted by molar-refractivity contribution is -0.131. The van der Waals surface area contributed by atoms with Gasteiger partial charge in [-0.1, -0.05) is 30.3 Å². The molecule has 1 aromatic rings. The summed E-state index contributed by atoms with van der Waals surface area (Å²) in [7, 11) is 0. The van der Waals surface area contributed by atoms with Crippen LogP contribution in [-0.2, 0) is 4.79 Å². The average Bonchev–Trinajstić information content (AvgIpc) is 2.75. The number of β-amino-alcohol motifs (C(OH)–C–C–N with tert-alkyl or cyclic N) is 1. The molecule has 1 saturated heterocycles. The molecule has 1 aromatic carbocycles. The summed E-state index contributed by atoms with van der Waals surface area (Å²) >= 11 is 0. The number of carbonyl (C=O) groups is 1. The molecule has 2 atom stereocenters. The van der Waals surface area contributed by atoms with E-state index in [1.807, 2.05) is 37.3 Å². The highest BCUT2D eigenvalue weighted by Crippen LogP contribution is 2.20. The van der Waals surface area contributed by atoms with Crippen LogP contribution >= 0.6 is 0 Å². The molecule has 1 aliphatic rings. The summed E-state index contributed by atoms with van der Waals surface area (Å²) in [5.41, 5.74) is 1.04. The van der Waals surface area contributed by atoms with E-state index in [1.54, 1.807) is 4.90 Å². The van der Waals surface area contributed by atoms with Crippen molar-refractivity contribution in [1.29, 1.82) is 0 Å². The standard InChI is InChI=1S/C13H17NO2/c1-10(11-5-3-2-4-6-11)13(16)14-8-7-12(15)9-14/h2-6,10,12,15H,7-9H2,1H3/t10-,12+/m1/s1. The van der Waals surface area contributed by atoms with Crippen molar-refractivity contribution in [3.05, 3.63) is 35.9 Å². The molecule has 3 nitrogen and oxygen atoms in total. The topological polar surface area (TPSA) is 40.5 Å². The number of aliphatic hydroxyl groups is 1. The number of hydrogen-bond donors (Lipinski definition) is 1. The fourth-order valence-corrected chi connectivity index (χ4v) is 2.10. The van der Waals surface area contributed by atoms with Crippen LogP contribution in [-0.4, -0.2) is 35.1 Å². The van der Waals surface area contributed by atoms with Crippen molar-refractivity contribution in [2.75, 3.05) is 13.1 Å². The van der Waals surface area contributed by atoms with E-state index in [4.69, 9.17) is 0 Å². The average molecular weight is 219 g/mol. The van der Waals surface area contributed by atoms with Gasteiger partial charge in [0.15, 0.2) is 0 Å². The molecule has 86 valence electrons. The molecule has 1 aliphatic heterocycles. The number of likely N-dealkylation sites (tertiary alicyclic amines) is 1. The number of carbonyl (C=O) groups excluding carboxylic acids is 1. The van der Waals surface area contributed by atoms with E-state index in [1.165, 1.54) is 0 Å². The highest BCUT2D eigenvalue weighted by Gasteiger charge is 2.28. The first-order valence-corrected chi connectivity index (χ1v) is 5.70. The third kappa shape index (κ3) is 2.25. The van der Waals surface area contributed by atoms with Crippen molar-refractivity contribution in [3.8, 4) is 0 Å². The first-order valence-electron chi connectivity index (χ1n) is 5.70. The number of rotatable bonds is 2. The molecule has 2 rings (SSSR count). The zero-order valence-corrected chi connectivity index (χ0v) is 9.47. The second-order valence-electron chi connectivity index (χ2n) is 4.36. The van der Waals surface area contributed by atoms with Gasteiger partial charge in [-0.3, -0.25) is 4.79 Å². The Morgan fingerprint density at radius 1 is 1.44 bits per heavy atom. The molecule has 1 fully saturated rings. The zero-order chi connectivity index (χ0) is 11.5. The quantitative estimate of drug-likeness (QED) is 0.816. The molecule has 1 heterocycles. The Labute approximate surface area is 95.7 Å². The second-order valence-corrected chi connectivity index (χ2v) is 4.36. The lowest BCUT2D eigenvalue weighted by Crippen LogP contribution is -2.32. The Kier molecular flexibility index (Phi) is 3.25. The van der Waals surface area contributed by atoms with E-state index in [9.17, 15) is 9.90 Å². The minimum atomic E-state index is -0.341. The van der Waals surface area contributed by atoms with Gasteiger partial charge in [0.05, 0.1) is 12.0 Å². The molecule has 1 amide bonds. The Balaban J connectivity index is 2.05. The Morgan fingerprint density at radius 2 is 2.12 bits per heavy atom. The third-order valence-electron chi connectivity index (χ3n) is 3.15. The van der Waals surface area contributed by atoms with E-state index >= 15 is 0 Å². The first kappa shape index (κ1) is 11.1. The van der Waals surface area contributed by atoms with Gasteiger partial charge < -0.3 is 10.0 Å². The second kappa shape index (κ2) is 4.66. The molecule has 0 unspecified atom stereocenters. The van der Waals surface area contributed by atoms with Crippen LogP contribution in [0.5, 0.6) is 0 Å². The fourth-order valence-electron chi connectivity index (χ4n) is 2.10. The van der Waals surface area contributed by atoms with Gasteiger partial charge >= 0.3 is 0 Å². The van der Waals surface area contributed by atoms with Gasteiger partial charge in [-0.05, 0) is 18.9 Å². The van der Waals surface area contributed by atoms with Gasteiger partial charge in [0, 0.05) is 13.1 Å². The van der Waals surface area contributed by atoms with Crippen LogP contribution in [0, 0.1) is 0 Å². The largest absolute Gasteiger partial charge is 0.391 e.